The van der Waals surface area contributed by atoms with Gasteiger partial charge < -0.3 is 14.5 Å². The second-order valence-electron chi connectivity index (χ2n) is 5.26. The molecule has 4 heteroatoms. The molecule has 0 atom stereocenters. The molecule has 0 unspecified atom stereocenters. The van der Waals surface area contributed by atoms with Crippen molar-refractivity contribution < 1.29 is 4.42 Å². The van der Waals surface area contributed by atoms with E-state index in [0.717, 1.165) is 29.3 Å². The molecular formula is C19H20N2OS. The number of furan rings is 1. The summed E-state index contributed by atoms with van der Waals surface area (Å²) in [7, 11) is 1.96. The first-order valence-corrected chi connectivity index (χ1v) is 8.58. The number of anilines is 1. The highest BCUT2D eigenvalue weighted by Crippen LogP contribution is 2.31. The van der Waals surface area contributed by atoms with Gasteiger partial charge in [0.2, 0.25) is 0 Å². The van der Waals surface area contributed by atoms with Crippen LogP contribution < -0.4 is 10.0 Å². The van der Waals surface area contributed by atoms with E-state index in [1.165, 1.54) is 11.1 Å². The largest absolute Gasteiger partial charge is 0.464 e. The van der Waals surface area contributed by atoms with Crippen LogP contribution in [0.15, 0.2) is 71.3 Å². The van der Waals surface area contributed by atoms with Crippen molar-refractivity contribution >= 4 is 17.6 Å². The van der Waals surface area contributed by atoms with E-state index in [4.69, 9.17) is 4.42 Å². The summed E-state index contributed by atoms with van der Waals surface area (Å²) in [5.41, 5.74) is 4.70. The molecule has 0 spiro atoms. The summed E-state index contributed by atoms with van der Waals surface area (Å²) < 4.78 is 9.04. The molecule has 1 heterocycles. The summed E-state index contributed by atoms with van der Waals surface area (Å²) >= 11 is 1.69. The Balaban J connectivity index is 1.76. The van der Waals surface area contributed by atoms with Crippen molar-refractivity contribution in [2.24, 2.45) is 0 Å². The molecule has 23 heavy (non-hydrogen) atoms. The van der Waals surface area contributed by atoms with Crippen LogP contribution in [-0.4, -0.2) is 7.05 Å². The Hall–Kier alpha value is -2.17. The summed E-state index contributed by atoms with van der Waals surface area (Å²) in [6.45, 7) is 0.844. The molecule has 3 nitrogen and oxygen atoms in total. The second kappa shape index (κ2) is 7.90. The van der Waals surface area contributed by atoms with Gasteiger partial charge in [-0.25, -0.2) is 0 Å². The molecule has 0 aliphatic carbocycles. The maximum absolute atomic E-state index is 5.56. The lowest BCUT2D eigenvalue weighted by Crippen LogP contribution is -2.05. The van der Waals surface area contributed by atoms with Crippen LogP contribution in [0.3, 0.4) is 0 Å². The van der Waals surface area contributed by atoms with Crippen molar-refractivity contribution in [3.8, 4) is 11.3 Å². The highest BCUT2D eigenvalue weighted by Gasteiger charge is 2.09. The summed E-state index contributed by atoms with van der Waals surface area (Å²) in [5.74, 6) is 1.79. The maximum atomic E-state index is 5.56. The van der Waals surface area contributed by atoms with Gasteiger partial charge in [0.05, 0.1) is 12.0 Å². The minimum Gasteiger partial charge on any atom is -0.464 e. The average Bonchev–Trinajstić information content (AvgIpc) is 3.11. The fraction of sp³-hybridized carbons (Fsp3) is 0.158. The van der Waals surface area contributed by atoms with Crippen molar-refractivity contribution in [2.75, 3.05) is 11.8 Å². The zero-order chi connectivity index (χ0) is 15.9. The van der Waals surface area contributed by atoms with Crippen LogP contribution in [0.25, 0.3) is 11.3 Å². The van der Waals surface area contributed by atoms with Crippen molar-refractivity contribution in [1.29, 1.82) is 0 Å². The molecule has 0 aliphatic rings. The molecule has 0 saturated carbocycles. The quantitative estimate of drug-likeness (QED) is 0.605. The molecule has 118 valence electrons. The SMILES string of the molecule is CNCc1ccc(-c2ccco2)c(NSCc2ccccc2)c1. The third kappa shape index (κ3) is 4.18. The summed E-state index contributed by atoms with van der Waals surface area (Å²) in [6.07, 6.45) is 1.71. The van der Waals surface area contributed by atoms with Gasteiger partial charge in [-0.2, -0.15) is 0 Å². The van der Waals surface area contributed by atoms with Crippen LogP contribution in [0.4, 0.5) is 5.69 Å². The van der Waals surface area contributed by atoms with Crippen LogP contribution >= 0.6 is 11.9 Å². The number of hydrogen-bond acceptors (Lipinski definition) is 4. The first kappa shape index (κ1) is 15.7. The fourth-order valence-electron chi connectivity index (χ4n) is 2.41. The monoisotopic (exact) mass is 324 g/mol. The van der Waals surface area contributed by atoms with Gasteiger partial charge in [-0.3, -0.25) is 0 Å². The van der Waals surface area contributed by atoms with Crippen LogP contribution in [0.5, 0.6) is 0 Å². The highest BCUT2D eigenvalue weighted by atomic mass is 32.2. The van der Waals surface area contributed by atoms with Crippen molar-refractivity contribution in [1.82, 2.24) is 5.32 Å². The molecule has 0 aliphatic heterocycles. The zero-order valence-corrected chi connectivity index (χ0v) is 13.9. The number of benzene rings is 2. The first-order valence-electron chi connectivity index (χ1n) is 7.60. The normalized spacial score (nSPS) is 10.7. The van der Waals surface area contributed by atoms with Crippen LogP contribution in [0.1, 0.15) is 11.1 Å². The Kier molecular flexibility index (Phi) is 5.40. The lowest BCUT2D eigenvalue weighted by Gasteiger charge is -2.12. The van der Waals surface area contributed by atoms with E-state index in [1.54, 1.807) is 18.2 Å². The minimum absolute atomic E-state index is 0.844. The Morgan fingerprint density at radius 2 is 1.83 bits per heavy atom. The Morgan fingerprint density at radius 1 is 0.957 bits per heavy atom. The molecule has 0 fully saturated rings. The molecule has 3 rings (SSSR count). The van der Waals surface area contributed by atoms with Gasteiger partial charge in [0.25, 0.3) is 0 Å². The van der Waals surface area contributed by atoms with E-state index in [0.29, 0.717) is 0 Å². The molecular weight excluding hydrogens is 304 g/mol. The van der Waals surface area contributed by atoms with Crippen molar-refractivity contribution in [2.45, 2.75) is 12.3 Å². The van der Waals surface area contributed by atoms with Gasteiger partial charge in [0.1, 0.15) is 5.76 Å². The molecule has 2 aromatic carbocycles. The molecule has 3 aromatic rings. The van der Waals surface area contributed by atoms with E-state index >= 15 is 0 Å². The van der Waals surface area contributed by atoms with Gasteiger partial charge in [-0.1, -0.05) is 36.4 Å². The van der Waals surface area contributed by atoms with E-state index in [-0.39, 0.29) is 0 Å². The average molecular weight is 324 g/mol. The fourth-order valence-corrected chi connectivity index (χ4v) is 3.16. The lowest BCUT2D eigenvalue weighted by atomic mass is 10.1. The second-order valence-corrected chi connectivity index (χ2v) is 6.05. The van der Waals surface area contributed by atoms with E-state index < -0.39 is 0 Å². The molecule has 2 N–H and O–H groups in total. The number of nitrogens with one attached hydrogen (secondary N) is 2. The smallest absolute Gasteiger partial charge is 0.135 e. The predicted molar refractivity (Wildman–Crippen MR) is 98.3 cm³/mol. The summed E-state index contributed by atoms with van der Waals surface area (Å²) in [4.78, 5) is 0. The molecule has 0 bridgehead atoms. The van der Waals surface area contributed by atoms with Gasteiger partial charge in [0.15, 0.2) is 0 Å². The standard InChI is InChI=1S/C19H20N2OS/c1-20-13-16-9-10-17(19-8-5-11-22-19)18(12-16)21-23-14-15-6-3-2-4-7-15/h2-12,20-21H,13-14H2,1H3. The Labute approximate surface area is 141 Å². The maximum Gasteiger partial charge on any atom is 0.135 e. The molecule has 0 amide bonds. The number of rotatable bonds is 7. The van der Waals surface area contributed by atoms with Crippen molar-refractivity contribution in [3.05, 3.63) is 78.1 Å². The van der Waals surface area contributed by atoms with E-state index in [9.17, 15) is 0 Å². The van der Waals surface area contributed by atoms with E-state index in [1.807, 2.05) is 25.2 Å². The van der Waals surface area contributed by atoms with Gasteiger partial charge in [-0.15, -0.1) is 0 Å². The van der Waals surface area contributed by atoms with Crippen molar-refractivity contribution in [3.63, 3.8) is 0 Å². The third-order valence-electron chi connectivity index (χ3n) is 3.52. The van der Waals surface area contributed by atoms with Gasteiger partial charge in [0, 0.05) is 17.9 Å². The highest BCUT2D eigenvalue weighted by molar-refractivity contribution is 7.99. The topological polar surface area (TPSA) is 37.2 Å². The van der Waals surface area contributed by atoms with Crippen LogP contribution in [0.2, 0.25) is 0 Å². The summed E-state index contributed by atoms with van der Waals surface area (Å²) in [5, 5.41) is 3.19. The molecule has 0 saturated heterocycles. The van der Waals surface area contributed by atoms with Gasteiger partial charge >= 0.3 is 0 Å². The van der Waals surface area contributed by atoms with Crippen LogP contribution in [0, 0.1) is 0 Å². The Morgan fingerprint density at radius 3 is 2.57 bits per heavy atom. The van der Waals surface area contributed by atoms with Gasteiger partial charge in [-0.05, 0) is 54.4 Å². The minimum atomic E-state index is 0.844. The zero-order valence-electron chi connectivity index (χ0n) is 13.1. The summed E-state index contributed by atoms with van der Waals surface area (Å²) in [6, 6.07) is 20.8. The third-order valence-corrected chi connectivity index (χ3v) is 4.36. The van der Waals surface area contributed by atoms with E-state index in [2.05, 4.69) is 52.5 Å². The first-order chi connectivity index (χ1) is 11.4. The van der Waals surface area contributed by atoms with Crippen LogP contribution in [-0.2, 0) is 12.3 Å². The number of hydrogen-bond donors (Lipinski definition) is 2. The Bertz CT molecular complexity index is 726. The molecule has 0 radical (unpaired) electrons. The lowest BCUT2D eigenvalue weighted by molar-refractivity contribution is 0.582. The molecule has 1 aromatic heterocycles. The predicted octanol–water partition coefficient (Wildman–Crippen LogP) is 4.93.